The molecule has 0 bridgehead atoms. The minimum Gasteiger partial charge on any atom is -0.342 e. The molecule has 1 saturated heterocycles. The smallest absolute Gasteiger partial charge is 0.240 e. The van der Waals surface area contributed by atoms with Gasteiger partial charge < -0.3 is 10.2 Å². The standard InChI is InChI=1S/C21H28FN5O2S/c1-3-27(4-2)20(29)14-26-11-9-25(10-12-26)13-19(28)24-21-23-18(15-30-21)16-5-7-17(22)8-6-16/h5-8,15H,3-4,9-14H2,1-2H3,(H,23,24,28). The van der Waals surface area contributed by atoms with Gasteiger partial charge in [-0.1, -0.05) is 0 Å². The number of rotatable bonds is 8. The minimum absolute atomic E-state index is 0.109. The fourth-order valence-corrected chi connectivity index (χ4v) is 4.16. The second-order valence-electron chi connectivity index (χ2n) is 7.21. The first kappa shape index (κ1) is 22.3. The van der Waals surface area contributed by atoms with Gasteiger partial charge in [0, 0.05) is 50.2 Å². The first-order valence-electron chi connectivity index (χ1n) is 10.2. The molecule has 1 aromatic carbocycles. The van der Waals surface area contributed by atoms with Gasteiger partial charge in [-0.05, 0) is 38.1 Å². The van der Waals surface area contributed by atoms with E-state index in [0.29, 0.717) is 23.9 Å². The maximum Gasteiger partial charge on any atom is 0.240 e. The van der Waals surface area contributed by atoms with Crippen LogP contribution in [0.15, 0.2) is 29.6 Å². The maximum absolute atomic E-state index is 13.1. The van der Waals surface area contributed by atoms with Gasteiger partial charge in [0.05, 0.1) is 18.8 Å². The summed E-state index contributed by atoms with van der Waals surface area (Å²) in [6, 6.07) is 6.12. The molecule has 3 rings (SSSR count). The maximum atomic E-state index is 13.1. The normalized spacial score (nSPS) is 15.2. The van der Waals surface area contributed by atoms with Crippen molar-refractivity contribution in [3.8, 4) is 11.3 Å². The molecule has 1 aliphatic rings. The predicted octanol–water partition coefficient (Wildman–Crippen LogP) is 2.37. The van der Waals surface area contributed by atoms with E-state index in [2.05, 4.69) is 20.1 Å². The van der Waals surface area contributed by atoms with Crippen LogP contribution in [0.3, 0.4) is 0 Å². The van der Waals surface area contributed by atoms with Crippen LogP contribution in [0.25, 0.3) is 11.3 Å². The number of carbonyl (C=O) groups excluding carboxylic acids is 2. The molecule has 7 nitrogen and oxygen atoms in total. The van der Waals surface area contributed by atoms with E-state index in [0.717, 1.165) is 44.8 Å². The number of amides is 2. The summed E-state index contributed by atoms with van der Waals surface area (Å²) >= 11 is 1.35. The van der Waals surface area contributed by atoms with Gasteiger partial charge in [0.25, 0.3) is 0 Å². The van der Waals surface area contributed by atoms with Crippen LogP contribution in [0, 0.1) is 5.82 Å². The third kappa shape index (κ3) is 6.07. The molecule has 0 saturated carbocycles. The second-order valence-corrected chi connectivity index (χ2v) is 8.07. The quantitative estimate of drug-likeness (QED) is 0.692. The Morgan fingerprint density at radius 2 is 1.67 bits per heavy atom. The highest BCUT2D eigenvalue weighted by Gasteiger charge is 2.22. The lowest BCUT2D eigenvalue weighted by Crippen LogP contribution is -2.51. The number of benzene rings is 1. The Kier molecular flexibility index (Phi) is 7.89. The van der Waals surface area contributed by atoms with E-state index in [1.54, 1.807) is 12.1 Å². The number of likely N-dealkylation sites (N-methyl/N-ethyl adjacent to an activating group) is 1. The molecule has 30 heavy (non-hydrogen) atoms. The van der Waals surface area contributed by atoms with Crippen LogP contribution in [0.2, 0.25) is 0 Å². The van der Waals surface area contributed by atoms with Crippen LogP contribution in [0.5, 0.6) is 0 Å². The third-order valence-electron chi connectivity index (χ3n) is 5.20. The van der Waals surface area contributed by atoms with Gasteiger partial charge in [-0.2, -0.15) is 0 Å². The highest BCUT2D eigenvalue weighted by molar-refractivity contribution is 7.14. The van der Waals surface area contributed by atoms with Gasteiger partial charge in [-0.15, -0.1) is 11.3 Å². The molecule has 1 fully saturated rings. The lowest BCUT2D eigenvalue weighted by atomic mass is 10.2. The lowest BCUT2D eigenvalue weighted by molar-refractivity contribution is -0.132. The van der Waals surface area contributed by atoms with Crippen molar-refractivity contribution in [2.24, 2.45) is 0 Å². The highest BCUT2D eigenvalue weighted by Crippen LogP contribution is 2.25. The molecule has 0 unspecified atom stereocenters. The lowest BCUT2D eigenvalue weighted by Gasteiger charge is -2.34. The zero-order valence-electron chi connectivity index (χ0n) is 17.4. The van der Waals surface area contributed by atoms with Crippen molar-refractivity contribution in [1.29, 1.82) is 0 Å². The summed E-state index contributed by atoms with van der Waals surface area (Å²) in [4.78, 5) is 35.1. The number of nitrogens with one attached hydrogen (secondary N) is 1. The molecular formula is C21H28FN5O2S. The van der Waals surface area contributed by atoms with Crippen molar-refractivity contribution >= 4 is 28.3 Å². The van der Waals surface area contributed by atoms with Crippen LogP contribution in [-0.4, -0.2) is 83.9 Å². The summed E-state index contributed by atoms with van der Waals surface area (Å²) in [6.07, 6.45) is 0. The molecule has 0 atom stereocenters. The number of aromatic nitrogens is 1. The topological polar surface area (TPSA) is 68.8 Å². The molecule has 1 aromatic heterocycles. The first-order valence-corrected chi connectivity index (χ1v) is 11.1. The molecule has 1 aliphatic heterocycles. The third-order valence-corrected chi connectivity index (χ3v) is 5.96. The molecule has 0 spiro atoms. The molecule has 0 radical (unpaired) electrons. The van der Waals surface area contributed by atoms with Crippen molar-refractivity contribution < 1.29 is 14.0 Å². The zero-order valence-corrected chi connectivity index (χ0v) is 18.3. The van der Waals surface area contributed by atoms with Gasteiger partial charge in [0.2, 0.25) is 11.8 Å². The van der Waals surface area contributed by atoms with E-state index in [4.69, 9.17) is 0 Å². The van der Waals surface area contributed by atoms with Crippen LogP contribution in [0.1, 0.15) is 13.8 Å². The van der Waals surface area contributed by atoms with Crippen molar-refractivity contribution in [2.75, 3.05) is 57.7 Å². The summed E-state index contributed by atoms with van der Waals surface area (Å²) < 4.78 is 13.1. The Morgan fingerprint density at radius 3 is 2.27 bits per heavy atom. The van der Waals surface area contributed by atoms with Crippen LogP contribution in [0.4, 0.5) is 9.52 Å². The van der Waals surface area contributed by atoms with Gasteiger partial charge in [0.1, 0.15) is 5.82 Å². The van der Waals surface area contributed by atoms with E-state index >= 15 is 0 Å². The SMILES string of the molecule is CCN(CC)C(=O)CN1CCN(CC(=O)Nc2nc(-c3ccc(F)cc3)cs2)CC1. The Balaban J connectivity index is 1.43. The van der Waals surface area contributed by atoms with Gasteiger partial charge in [-0.3, -0.25) is 19.4 Å². The number of hydrogen-bond donors (Lipinski definition) is 1. The van der Waals surface area contributed by atoms with E-state index in [-0.39, 0.29) is 17.6 Å². The molecule has 9 heteroatoms. The fourth-order valence-electron chi connectivity index (χ4n) is 3.42. The van der Waals surface area contributed by atoms with E-state index in [1.807, 2.05) is 24.1 Å². The summed E-state index contributed by atoms with van der Waals surface area (Å²) in [5, 5.41) is 5.21. The molecule has 2 heterocycles. The number of anilines is 1. The zero-order chi connectivity index (χ0) is 21.5. The van der Waals surface area contributed by atoms with Gasteiger partial charge in [-0.25, -0.2) is 9.37 Å². The minimum atomic E-state index is -0.292. The van der Waals surface area contributed by atoms with Crippen molar-refractivity contribution in [3.63, 3.8) is 0 Å². The Morgan fingerprint density at radius 1 is 1.07 bits per heavy atom. The highest BCUT2D eigenvalue weighted by atomic mass is 32.1. The van der Waals surface area contributed by atoms with E-state index < -0.39 is 0 Å². The molecule has 0 aliphatic carbocycles. The summed E-state index contributed by atoms with van der Waals surface area (Å²) in [5.41, 5.74) is 1.52. The summed E-state index contributed by atoms with van der Waals surface area (Å²) in [5.74, 6) is -0.241. The Bertz CT molecular complexity index is 845. The Hall–Kier alpha value is -2.36. The number of nitrogens with zero attached hydrogens (tertiary/aromatic N) is 4. The number of thiazole rings is 1. The molecule has 1 N–H and O–H groups in total. The summed E-state index contributed by atoms with van der Waals surface area (Å²) in [6.45, 7) is 9.21. The van der Waals surface area contributed by atoms with Gasteiger partial charge in [0.15, 0.2) is 5.13 Å². The second kappa shape index (κ2) is 10.6. The number of piperazine rings is 1. The van der Waals surface area contributed by atoms with Crippen LogP contribution >= 0.6 is 11.3 Å². The van der Waals surface area contributed by atoms with Crippen LogP contribution < -0.4 is 5.32 Å². The largest absolute Gasteiger partial charge is 0.342 e. The van der Waals surface area contributed by atoms with Crippen molar-refractivity contribution in [1.82, 2.24) is 19.7 Å². The van der Waals surface area contributed by atoms with Crippen molar-refractivity contribution in [3.05, 3.63) is 35.5 Å². The average molecular weight is 434 g/mol. The predicted molar refractivity (Wildman–Crippen MR) is 117 cm³/mol. The molecular weight excluding hydrogens is 405 g/mol. The fraction of sp³-hybridized carbons (Fsp3) is 0.476. The summed E-state index contributed by atoms with van der Waals surface area (Å²) in [7, 11) is 0. The van der Waals surface area contributed by atoms with Crippen molar-refractivity contribution in [2.45, 2.75) is 13.8 Å². The number of carbonyl (C=O) groups is 2. The monoisotopic (exact) mass is 433 g/mol. The number of halogens is 1. The van der Waals surface area contributed by atoms with E-state index in [1.165, 1.54) is 23.5 Å². The molecule has 2 aromatic rings. The van der Waals surface area contributed by atoms with E-state index in [9.17, 15) is 14.0 Å². The molecule has 2 amide bonds. The van der Waals surface area contributed by atoms with Gasteiger partial charge >= 0.3 is 0 Å². The Labute approximate surface area is 180 Å². The first-order chi connectivity index (χ1) is 14.5. The number of hydrogen-bond acceptors (Lipinski definition) is 6. The molecule has 162 valence electrons. The van der Waals surface area contributed by atoms with Crippen LogP contribution in [-0.2, 0) is 9.59 Å². The average Bonchev–Trinajstić information content (AvgIpc) is 3.19.